The van der Waals surface area contributed by atoms with E-state index in [1.807, 2.05) is 13.8 Å². The van der Waals surface area contributed by atoms with E-state index in [0.717, 1.165) is 32.1 Å². The number of rotatable bonds is 7. The van der Waals surface area contributed by atoms with Crippen molar-refractivity contribution in [1.29, 1.82) is 0 Å². The maximum absolute atomic E-state index is 12.0. The van der Waals surface area contributed by atoms with Crippen molar-refractivity contribution in [3.63, 3.8) is 0 Å². The van der Waals surface area contributed by atoms with Crippen LogP contribution in [0.3, 0.4) is 0 Å². The van der Waals surface area contributed by atoms with Crippen molar-refractivity contribution in [2.45, 2.75) is 58.0 Å². The molecule has 3 atom stereocenters. The van der Waals surface area contributed by atoms with Gasteiger partial charge in [0.15, 0.2) is 0 Å². The Morgan fingerprint density at radius 3 is 2.58 bits per heavy atom. The lowest BCUT2D eigenvalue weighted by Crippen LogP contribution is -2.27. The van der Waals surface area contributed by atoms with Gasteiger partial charge in [0.25, 0.3) is 0 Å². The molecule has 0 saturated heterocycles. The standard InChI is InChI=1S/C16H26O3/c1-3-16(18,4-2)8-5-9-19-15(17)14-11-12-6-7-13(14)10-12/h6-7,12-14,18H,3-5,8-11H2,1-2H3. The zero-order chi connectivity index (χ0) is 13.9. The summed E-state index contributed by atoms with van der Waals surface area (Å²) in [7, 11) is 0. The second kappa shape index (κ2) is 6.08. The predicted octanol–water partition coefficient (Wildman–Crippen LogP) is 3.07. The van der Waals surface area contributed by atoms with Gasteiger partial charge in [-0.25, -0.2) is 0 Å². The van der Waals surface area contributed by atoms with E-state index in [1.54, 1.807) is 0 Å². The van der Waals surface area contributed by atoms with Crippen LogP contribution in [0.15, 0.2) is 12.2 Å². The molecule has 1 N–H and O–H groups in total. The fourth-order valence-corrected chi connectivity index (χ4v) is 3.34. The number of hydrogen-bond donors (Lipinski definition) is 1. The molecule has 3 unspecified atom stereocenters. The first-order chi connectivity index (χ1) is 9.08. The molecule has 0 aromatic rings. The SMILES string of the molecule is CCC(O)(CC)CCCOC(=O)C1CC2C=CC1C2. The average Bonchev–Trinajstić information content (AvgIpc) is 3.05. The molecule has 2 aliphatic rings. The summed E-state index contributed by atoms with van der Waals surface area (Å²) in [6.45, 7) is 4.44. The minimum atomic E-state index is -0.582. The minimum Gasteiger partial charge on any atom is -0.465 e. The van der Waals surface area contributed by atoms with E-state index in [-0.39, 0.29) is 11.9 Å². The van der Waals surface area contributed by atoms with Crippen molar-refractivity contribution >= 4 is 5.97 Å². The Kier molecular flexibility index (Phi) is 4.67. The lowest BCUT2D eigenvalue weighted by atomic mass is 9.92. The minimum absolute atomic E-state index is 0.0339. The number of allylic oxidation sites excluding steroid dienone is 2. The van der Waals surface area contributed by atoms with E-state index >= 15 is 0 Å². The number of carbonyl (C=O) groups is 1. The highest BCUT2D eigenvalue weighted by Crippen LogP contribution is 2.43. The van der Waals surface area contributed by atoms with E-state index in [2.05, 4.69) is 12.2 Å². The molecule has 0 amide bonds. The van der Waals surface area contributed by atoms with Crippen molar-refractivity contribution < 1.29 is 14.6 Å². The summed E-state index contributed by atoms with van der Waals surface area (Å²) in [4.78, 5) is 12.0. The van der Waals surface area contributed by atoms with Crippen LogP contribution in [-0.2, 0) is 9.53 Å². The Bertz CT molecular complexity index is 344. The first-order valence-electron chi connectivity index (χ1n) is 7.65. The summed E-state index contributed by atoms with van der Waals surface area (Å²) >= 11 is 0. The summed E-state index contributed by atoms with van der Waals surface area (Å²) < 4.78 is 5.38. The second-order valence-electron chi connectivity index (χ2n) is 6.09. The zero-order valence-corrected chi connectivity index (χ0v) is 12.1. The Balaban J connectivity index is 1.66. The monoisotopic (exact) mass is 266 g/mol. The summed E-state index contributed by atoms with van der Waals surface area (Å²) in [5.74, 6) is 1.08. The topological polar surface area (TPSA) is 46.5 Å². The number of esters is 1. The zero-order valence-electron chi connectivity index (χ0n) is 12.1. The molecular weight excluding hydrogens is 240 g/mol. The van der Waals surface area contributed by atoms with Crippen molar-refractivity contribution in [2.75, 3.05) is 6.61 Å². The van der Waals surface area contributed by atoms with Crippen LogP contribution in [-0.4, -0.2) is 23.3 Å². The molecule has 2 aliphatic carbocycles. The normalized spacial score (nSPS) is 28.9. The van der Waals surface area contributed by atoms with Gasteiger partial charge in [-0.2, -0.15) is 0 Å². The second-order valence-corrected chi connectivity index (χ2v) is 6.09. The van der Waals surface area contributed by atoms with Gasteiger partial charge < -0.3 is 9.84 Å². The Morgan fingerprint density at radius 2 is 2.05 bits per heavy atom. The summed E-state index contributed by atoms with van der Waals surface area (Å²) in [5, 5.41) is 10.1. The van der Waals surface area contributed by atoms with Crippen LogP contribution in [0.25, 0.3) is 0 Å². The third-order valence-corrected chi connectivity index (χ3v) is 4.93. The van der Waals surface area contributed by atoms with Crippen molar-refractivity contribution in [3.05, 3.63) is 12.2 Å². The first-order valence-corrected chi connectivity index (χ1v) is 7.65. The highest BCUT2D eigenvalue weighted by Gasteiger charge is 2.40. The van der Waals surface area contributed by atoms with Crippen molar-refractivity contribution in [3.8, 4) is 0 Å². The van der Waals surface area contributed by atoms with E-state index < -0.39 is 5.60 Å². The van der Waals surface area contributed by atoms with Crippen molar-refractivity contribution in [1.82, 2.24) is 0 Å². The maximum Gasteiger partial charge on any atom is 0.309 e. The predicted molar refractivity (Wildman–Crippen MR) is 74.6 cm³/mol. The summed E-state index contributed by atoms with van der Waals surface area (Å²) in [6.07, 6.45) is 9.48. The molecule has 1 fully saturated rings. The smallest absolute Gasteiger partial charge is 0.309 e. The molecule has 3 heteroatoms. The van der Waals surface area contributed by atoms with Crippen LogP contribution >= 0.6 is 0 Å². The molecule has 2 rings (SSSR count). The van der Waals surface area contributed by atoms with Crippen LogP contribution in [0.1, 0.15) is 52.4 Å². The molecule has 0 aromatic carbocycles. The number of fused-ring (bicyclic) bond motifs is 2. The molecule has 0 radical (unpaired) electrons. The largest absolute Gasteiger partial charge is 0.465 e. The maximum atomic E-state index is 12.0. The Labute approximate surface area is 116 Å². The van der Waals surface area contributed by atoms with Crippen LogP contribution in [0.4, 0.5) is 0 Å². The highest BCUT2D eigenvalue weighted by atomic mass is 16.5. The van der Waals surface area contributed by atoms with Gasteiger partial charge in [0.05, 0.1) is 18.1 Å². The highest BCUT2D eigenvalue weighted by molar-refractivity contribution is 5.74. The molecule has 0 heterocycles. The van der Waals surface area contributed by atoms with Crippen LogP contribution in [0.5, 0.6) is 0 Å². The summed E-state index contributed by atoms with van der Waals surface area (Å²) in [6, 6.07) is 0. The molecule has 2 bridgehead atoms. The van der Waals surface area contributed by atoms with Gasteiger partial charge in [0, 0.05) is 0 Å². The molecule has 1 saturated carbocycles. The van der Waals surface area contributed by atoms with Gasteiger partial charge in [0.1, 0.15) is 0 Å². The van der Waals surface area contributed by atoms with E-state index in [0.29, 0.717) is 24.9 Å². The van der Waals surface area contributed by atoms with Crippen LogP contribution in [0, 0.1) is 17.8 Å². The van der Waals surface area contributed by atoms with Gasteiger partial charge in [-0.3, -0.25) is 4.79 Å². The number of aliphatic hydroxyl groups is 1. The van der Waals surface area contributed by atoms with E-state index in [1.165, 1.54) is 0 Å². The number of carbonyl (C=O) groups excluding carboxylic acids is 1. The fourth-order valence-electron chi connectivity index (χ4n) is 3.34. The Morgan fingerprint density at radius 1 is 1.32 bits per heavy atom. The third kappa shape index (κ3) is 3.38. The summed E-state index contributed by atoms with van der Waals surface area (Å²) in [5.41, 5.74) is -0.582. The molecule has 19 heavy (non-hydrogen) atoms. The molecule has 0 spiro atoms. The third-order valence-electron chi connectivity index (χ3n) is 4.93. The lowest BCUT2D eigenvalue weighted by molar-refractivity contribution is -0.149. The lowest BCUT2D eigenvalue weighted by Gasteiger charge is -2.25. The fraction of sp³-hybridized carbons (Fsp3) is 0.812. The Hall–Kier alpha value is -0.830. The van der Waals surface area contributed by atoms with Crippen LogP contribution in [0.2, 0.25) is 0 Å². The quantitative estimate of drug-likeness (QED) is 0.437. The number of hydrogen-bond acceptors (Lipinski definition) is 3. The molecular formula is C16H26O3. The van der Waals surface area contributed by atoms with Gasteiger partial charge in [-0.1, -0.05) is 26.0 Å². The average molecular weight is 266 g/mol. The van der Waals surface area contributed by atoms with E-state index in [9.17, 15) is 9.90 Å². The van der Waals surface area contributed by atoms with Gasteiger partial charge in [0.2, 0.25) is 0 Å². The van der Waals surface area contributed by atoms with Gasteiger partial charge in [-0.05, 0) is 50.4 Å². The van der Waals surface area contributed by atoms with Gasteiger partial charge >= 0.3 is 5.97 Å². The number of ether oxygens (including phenoxy) is 1. The molecule has 3 nitrogen and oxygen atoms in total. The molecule has 0 aliphatic heterocycles. The first kappa shape index (κ1) is 14.6. The van der Waals surface area contributed by atoms with Crippen LogP contribution < -0.4 is 0 Å². The van der Waals surface area contributed by atoms with E-state index in [4.69, 9.17) is 4.74 Å². The van der Waals surface area contributed by atoms with Gasteiger partial charge in [-0.15, -0.1) is 0 Å². The molecule has 108 valence electrons. The van der Waals surface area contributed by atoms with Crippen molar-refractivity contribution in [2.24, 2.45) is 17.8 Å². The molecule has 0 aromatic heterocycles.